The molecule has 0 aliphatic carbocycles. The summed E-state index contributed by atoms with van der Waals surface area (Å²) in [5.74, 6) is 0.0914. The fourth-order valence-electron chi connectivity index (χ4n) is 2.50. The van der Waals surface area contributed by atoms with E-state index in [-0.39, 0.29) is 5.91 Å². The molecule has 0 fully saturated rings. The van der Waals surface area contributed by atoms with E-state index in [0.717, 1.165) is 37.7 Å². The van der Waals surface area contributed by atoms with Gasteiger partial charge in [0.05, 0.1) is 0 Å². The minimum atomic E-state index is 0.0914. The lowest BCUT2D eigenvalue weighted by Crippen LogP contribution is -2.37. The summed E-state index contributed by atoms with van der Waals surface area (Å²) in [6, 6.07) is 11.8. The zero-order valence-corrected chi connectivity index (χ0v) is 15.6. The van der Waals surface area contributed by atoms with Crippen LogP contribution in [0.1, 0.15) is 21.5 Å². The van der Waals surface area contributed by atoms with Crippen LogP contribution in [0, 0.1) is 3.57 Å². The second-order valence-electron chi connectivity index (χ2n) is 5.01. The SMILES string of the molecule is O=C1c2cc(I)ccc2CCN1Cc1ccc(Br)cc1Cl. The Balaban J connectivity index is 1.86. The number of benzene rings is 2. The van der Waals surface area contributed by atoms with Gasteiger partial charge >= 0.3 is 0 Å². The van der Waals surface area contributed by atoms with Gasteiger partial charge < -0.3 is 4.90 Å². The molecular formula is C16H12BrClINO. The molecule has 0 saturated heterocycles. The molecule has 3 rings (SSSR count). The number of nitrogens with zero attached hydrogens (tertiary/aromatic N) is 1. The summed E-state index contributed by atoms with van der Waals surface area (Å²) in [5, 5.41) is 0.686. The van der Waals surface area contributed by atoms with Crippen LogP contribution in [0.3, 0.4) is 0 Å². The van der Waals surface area contributed by atoms with Gasteiger partial charge in [0.2, 0.25) is 0 Å². The third kappa shape index (κ3) is 3.27. The fourth-order valence-corrected chi connectivity index (χ4v) is 3.72. The zero-order valence-electron chi connectivity index (χ0n) is 11.1. The normalized spacial score (nSPS) is 14.2. The molecule has 0 N–H and O–H groups in total. The van der Waals surface area contributed by atoms with Crippen molar-refractivity contribution in [3.05, 3.63) is 66.2 Å². The molecule has 0 atom stereocenters. The maximum atomic E-state index is 12.6. The maximum absolute atomic E-state index is 12.6. The summed E-state index contributed by atoms with van der Waals surface area (Å²) in [6.07, 6.45) is 0.895. The molecule has 5 heteroatoms. The first-order chi connectivity index (χ1) is 10.0. The first-order valence-electron chi connectivity index (χ1n) is 6.56. The molecule has 0 aromatic heterocycles. The summed E-state index contributed by atoms with van der Waals surface area (Å²) in [5.41, 5.74) is 2.93. The Morgan fingerprint density at radius 3 is 2.81 bits per heavy atom. The van der Waals surface area contributed by atoms with Gasteiger partial charge in [-0.15, -0.1) is 0 Å². The Bertz CT molecular complexity index is 719. The van der Waals surface area contributed by atoms with Gasteiger partial charge in [0.25, 0.3) is 5.91 Å². The van der Waals surface area contributed by atoms with Gasteiger partial charge in [-0.2, -0.15) is 0 Å². The van der Waals surface area contributed by atoms with Gasteiger partial charge in [-0.1, -0.05) is 39.7 Å². The molecule has 108 valence electrons. The van der Waals surface area contributed by atoms with E-state index in [1.165, 1.54) is 0 Å². The molecule has 0 spiro atoms. The van der Waals surface area contributed by atoms with Crippen molar-refractivity contribution in [2.45, 2.75) is 13.0 Å². The van der Waals surface area contributed by atoms with Crippen LogP contribution in [-0.2, 0) is 13.0 Å². The Morgan fingerprint density at radius 2 is 2.05 bits per heavy atom. The monoisotopic (exact) mass is 475 g/mol. The number of carbonyl (C=O) groups excluding carboxylic acids is 1. The molecule has 1 amide bonds. The van der Waals surface area contributed by atoms with Crippen LogP contribution >= 0.6 is 50.1 Å². The molecule has 1 aliphatic rings. The predicted octanol–water partition coefficient (Wildman–Crippen LogP) is 4.91. The maximum Gasteiger partial charge on any atom is 0.254 e. The Morgan fingerprint density at radius 1 is 1.24 bits per heavy atom. The lowest BCUT2D eigenvalue weighted by molar-refractivity contribution is 0.0727. The van der Waals surface area contributed by atoms with Crippen LogP contribution in [-0.4, -0.2) is 17.4 Å². The second kappa shape index (κ2) is 6.26. The molecule has 0 radical (unpaired) electrons. The topological polar surface area (TPSA) is 20.3 Å². The average molecular weight is 477 g/mol. The van der Waals surface area contributed by atoms with Crippen LogP contribution in [0.5, 0.6) is 0 Å². The highest BCUT2D eigenvalue weighted by molar-refractivity contribution is 14.1. The van der Waals surface area contributed by atoms with Crippen LogP contribution in [0.2, 0.25) is 5.02 Å². The van der Waals surface area contributed by atoms with Gasteiger partial charge in [-0.25, -0.2) is 0 Å². The zero-order chi connectivity index (χ0) is 15.0. The van der Waals surface area contributed by atoms with Crippen molar-refractivity contribution in [1.82, 2.24) is 4.90 Å². The van der Waals surface area contributed by atoms with Gasteiger partial charge in [0, 0.05) is 31.7 Å². The van der Waals surface area contributed by atoms with Crippen molar-refractivity contribution in [2.75, 3.05) is 6.54 Å². The molecule has 0 saturated carbocycles. The van der Waals surface area contributed by atoms with Crippen molar-refractivity contribution in [3.63, 3.8) is 0 Å². The Kier molecular flexibility index (Phi) is 4.57. The highest BCUT2D eigenvalue weighted by Gasteiger charge is 2.24. The molecule has 0 unspecified atom stereocenters. The van der Waals surface area contributed by atoms with Gasteiger partial charge in [-0.05, 0) is 64.4 Å². The molecule has 2 aromatic carbocycles. The van der Waals surface area contributed by atoms with Crippen molar-refractivity contribution in [3.8, 4) is 0 Å². The van der Waals surface area contributed by atoms with Gasteiger partial charge in [0.15, 0.2) is 0 Å². The summed E-state index contributed by atoms with van der Waals surface area (Å²) < 4.78 is 2.03. The Hall–Kier alpha value is -0.590. The first kappa shape index (κ1) is 15.3. The summed E-state index contributed by atoms with van der Waals surface area (Å²) in [7, 11) is 0. The minimum absolute atomic E-state index is 0.0914. The molecule has 2 aromatic rings. The predicted molar refractivity (Wildman–Crippen MR) is 96.8 cm³/mol. The molecular weight excluding hydrogens is 464 g/mol. The van der Waals surface area contributed by atoms with E-state index in [1.54, 1.807) is 0 Å². The summed E-state index contributed by atoms with van der Waals surface area (Å²) in [4.78, 5) is 14.5. The van der Waals surface area contributed by atoms with Crippen molar-refractivity contribution >= 4 is 56.0 Å². The lowest BCUT2D eigenvalue weighted by atomic mass is 9.99. The van der Waals surface area contributed by atoms with Crippen LogP contribution in [0.4, 0.5) is 0 Å². The molecule has 1 heterocycles. The number of amides is 1. The van der Waals surface area contributed by atoms with E-state index >= 15 is 0 Å². The highest BCUT2D eigenvalue weighted by atomic mass is 127. The lowest BCUT2D eigenvalue weighted by Gasteiger charge is -2.29. The molecule has 0 bridgehead atoms. The highest BCUT2D eigenvalue weighted by Crippen LogP contribution is 2.26. The largest absolute Gasteiger partial charge is 0.334 e. The number of fused-ring (bicyclic) bond motifs is 1. The van der Waals surface area contributed by atoms with Crippen molar-refractivity contribution in [2.24, 2.45) is 0 Å². The first-order valence-corrected chi connectivity index (χ1v) is 8.81. The minimum Gasteiger partial charge on any atom is -0.334 e. The standard InChI is InChI=1S/C16H12BrClINO/c17-12-3-1-11(15(18)7-12)9-20-6-5-10-2-4-13(19)8-14(10)16(20)21/h1-4,7-8H,5-6,9H2. The second-order valence-corrected chi connectivity index (χ2v) is 7.58. The molecule has 2 nitrogen and oxygen atoms in total. The molecule has 1 aliphatic heterocycles. The van der Waals surface area contributed by atoms with Crippen LogP contribution in [0.25, 0.3) is 0 Å². The number of halogens is 3. The van der Waals surface area contributed by atoms with E-state index < -0.39 is 0 Å². The van der Waals surface area contributed by atoms with Crippen LogP contribution in [0.15, 0.2) is 40.9 Å². The van der Waals surface area contributed by atoms with E-state index in [4.69, 9.17) is 11.6 Å². The van der Waals surface area contributed by atoms with E-state index in [0.29, 0.717) is 11.6 Å². The number of rotatable bonds is 2. The number of hydrogen-bond donors (Lipinski definition) is 0. The third-order valence-electron chi connectivity index (χ3n) is 3.62. The summed E-state index contributed by atoms with van der Waals surface area (Å²) >= 11 is 11.9. The van der Waals surface area contributed by atoms with Crippen molar-refractivity contribution in [1.29, 1.82) is 0 Å². The van der Waals surface area contributed by atoms with Gasteiger partial charge in [0.1, 0.15) is 0 Å². The fraction of sp³-hybridized carbons (Fsp3) is 0.188. The van der Waals surface area contributed by atoms with Gasteiger partial charge in [-0.3, -0.25) is 4.79 Å². The van der Waals surface area contributed by atoms with E-state index in [9.17, 15) is 4.79 Å². The average Bonchev–Trinajstić information content (AvgIpc) is 2.45. The smallest absolute Gasteiger partial charge is 0.254 e. The number of hydrogen-bond acceptors (Lipinski definition) is 1. The molecule has 21 heavy (non-hydrogen) atoms. The van der Waals surface area contributed by atoms with E-state index in [1.807, 2.05) is 35.2 Å². The van der Waals surface area contributed by atoms with Crippen LogP contribution < -0.4 is 0 Å². The summed E-state index contributed by atoms with van der Waals surface area (Å²) in [6.45, 7) is 1.29. The quantitative estimate of drug-likeness (QED) is 0.565. The number of carbonyl (C=O) groups is 1. The third-order valence-corrected chi connectivity index (χ3v) is 5.13. The van der Waals surface area contributed by atoms with E-state index in [2.05, 4.69) is 44.6 Å². The Labute approximate surface area is 150 Å². The van der Waals surface area contributed by atoms with Crippen molar-refractivity contribution < 1.29 is 4.79 Å².